The molecule has 0 aromatic heterocycles. The molecule has 0 heterocycles. The van der Waals surface area contributed by atoms with Crippen molar-refractivity contribution >= 4 is 17.9 Å². The number of quaternary nitrogens is 1. The van der Waals surface area contributed by atoms with Crippen LogP contribution >= 0.6 is 0 Å². The molecule has 0 N–H and O–H groups in total. The molecule has 0 aromatic rings. The van der Waals surface area contributed by atoms with Crippen LogP contribution in [0, 0.1) is 0 Å². The monoisotopic (exact) mass is 784 g/mol. The number of rotatable bonds is 38. The van der Waals surface area contributed by atoms with E-state index in [0.29, 0.717) is 12.8 Å². The fourth-order valence-corrected chi connectivity index (χ4v) is 5.94. The van der Waals surface area contributed by atoms with E-state index < -0.39 is 18.1 Å². The molecule has 0 aromatic carbocycles. The van der Waals surface area contributed by atoms with E-state index in [1.807, 2.05) is 6.08 Å². The fraction of sp³-hybridized carbons (Fsp3) is 0.688. The van der Waals surface area contributed by atoms with Gasteiger partial charge >= 0.3 is 11.9 Å². The van der Waals surface area contributed by atoms with Crippen molar-refractivity contribution in [3.05, 3.63) is 72.9 Å². The summed E-state index contributed by atoms with van der Waals surface area (Å²) in [6.07, 6.45) is 48.0. The minimum atomic E-state index is -1.14. The number of esters is 2. The first-order valence-electron chi connectivity index (χ1n) is 22.0. The smallest absolute Gasteiger partial charge is 0.306 e. The third-order valence-corrected chi connectivity index (χ3v) is 9.34. The van der Waals surface area contributed by atoms with Gasteiger partial charge in [-0.05, 0) is 70.6 Å². The number of carboxylic acids is 1. The molecule has 0 aliphatic heterocycles. The molecule has 2 atom stereocenters. The van der Waals surface area contributed by atoms with Gasteiger partial charge in [0.1, 0.15) is 12.6 Å². The number of hydrogen-bond acceptors (Lipinski definition) is 7. The van der Waals surface area contributed by atoms with E-state index in [1.54, 1.807) is 21.1 Å². The number of carboxylic acid groups (broad SMARTS) is 1. The second-order valence-electron chi connectivity index (χ2n) is 15.5. The van der Waals surface area contributed by atoms with Crippen LogP contribution < -0.4 is 5.11 Å². The van der Waals surface area contributed by atoms with Crippen LogP contribution in [0.5, 0.6) is 0 Å². The summed E-state index contributed by atoms with van der Waals surface area (Å²) in [5, 5.41) is 11.6. The Morgan fingerprint density at radius 3 is 1.55 bits per heavy atom. The maximum atomic E-state index is 12.7. The molecule has 0 fully saturated rings. The molecule has 0 aliphatic rings. The van der Waals surface area contributed by atoms with Crippen LogP contribution in [0.1, 0.15) is 162 Å². The Balaban J connectivity index is 4.42. The molecule has 0 spiro atoms. The van der Waals surface area contributed by atoms with E-state index >= 15 is 0 Å². The summed E-state index contributed by atoms with van der Waals surface area (Å²) in [5.41, 5.74) is 0. The zero-order chi connectivity index (χ0) is 41.4. The maximum Gasteiger partial charge on any atom is 0.306 e. The summed E-state index contributed by atoms with van der Waals surface area (Å²) in [6.45, 7) is 4.45. The van der Waals surface area contributed by atoms with Crippen LogP contribution in [-0.2, 0) is 28.6 Å². The van der Waals surface area contributed by atoms with Gasteiger partial charge in [-0.2, -0.15) is 0 Å². The van der Waals surface area contributed by atoms with E-state index in [9.17, 15) is 19.5 Å². The zero-order valence-electron chi connectivity index (χ0n) is 36.3. The molecule has 8 heteroatoms. The lowest BCUT2D eigenvalue weighted by molar-refractivity contribution is -0.889. The number of aliphatic carboxylic acids is 1. The van der Waals surface area contributed by atoms with Gasteiger partial charge < -0.3 is 28.6 Å². The number of nitrogens with zero attached hydrogens (tertiary/aromatic N) is 1. The minimum Gasteiger partial charge on any atom is -0.544 e. The van der Waals surface area contributed by atoms with E-state index in [0.717, 1.165) is 70.6 Å². The van der Waals surface area contributed by atoms with Gasteiger partial charge in [-0.15, -0.1) is 0 Å². The predicted octanol–water partition coefficient (Wildman–Crippen LogP) is 10.6. The van der Waals surface area contributed by atoms with Crippen molar-refractivity contribution in [3.8, 4) is 0 Å². The quantitative estimate of drug-likeness (QED) is 0.0266. The first-order valence-corrected chi connectivity index (χ1v) is 22.0. The Bertz CT molecular complexity index is 1140. The first-order chi connectivity index (χ1) is 27.1. The van der Waals surface area contributed by atoms with Crippen LogP contribution in [0.25, 0.3) is 0 Å². The van der Waals surface area contributed by atoms with Gasteiger partial charge in [0.2, 0.25) is 0 Å². The lowest BCUT2D eigenvalue weighted by atomic mass is 10.1. The lowest BCUT2D eigenvalue weighted by Crippen LogP contribution is -2.55. The largest absolute Gasteiger partial charge is 0.544 e. The van der Waals surface area contributed by atoms with Crippen molar-refractivity contribution in [1.29, 1.82) is 0 Å². The SMILES string of the molecule is CC/C=C/C/C=C/C/C=C/C/C=C/CCCCCCCCC(=O)OCC(COCCC(C(=O)[O-])[N+](C)(C)C)OC(=O)CC/C=C/C/C=C/CCCCCCCC. The highest BCUT2D eigenvalue weighted by atomic mass is 16.6. The van der Waals surface area contributed by atoms with Crippen molar-refractivity contribution in [2.75, 3.05) is 41.0 Å². The molecule has 0 aliphatic carbocycles. The average molecular weight is 784 g/mol. The Hall–Kier alpha value is -3.23. The number of unbranched alkanes of at least 4 members (excludes halogenated alkanes) is 12. The van der Waals surface area contributed by atoms with Crippen LogP contribution in [0.4, 0.5) is 0 Å². The number of ether oxygens (including phenoxy) is 3. The predicted molar refractivity (Wildman–Crippen MR) is 231 cm³/mol. The third kappa shape index (κ3) is 36.4. The maximum absolute atomic E-state index is 12.7. The van der Waals surface area contributed by atoms with Crippen LogP contribution in [0.15, 0.2) is 72.9 Å². The molecule has 0 rings (SSSR count). The Labute approximate surface area is 342 Å². The van der Waals surface area contributed by atoms with E-state index in [1.165, 1.54) is 51.4 Å². The zero-order valence-corrected chi connectivity index (χ0v) is 36.3. The summed E-state index contributed by atoms with van der Waals surface area (Å²) < 4.78 is 17.1. The Kier molecular flexibility index (Phi) is 36.4. The first kappa shape index (κ1) is 52.8. The molecule has 0 bridgehead atoms. The van der Waals surface area contributed by atoms with Gasteiger partial charge in [-0.25, -0.2) is 0 Å². The van der Waals surface area contributed by atoms with Crippen molar-refractivity contribution < 1.29 is 38.2 Å². The van der Waals surface area contributed by atoms with Gasteiger partial charge in [-0.1, -0.05) is 145 Å². The second kappa shape index (κ2) is 38.6. The molecule has 320 valence electrons. The number of carbonyl (C=O) groups is 3. The van der Waals surface area contributed by atoms with Gasteiger partial charge in [0.15, 0.2) is 6.10 Å². The number of hydrogen-bond donors (Lipinski definition) is 0. The van der Waals surface area contributed by atoms with Gasteiger partial charge in [-0.3, -0.25) is 9.59 Å². The standard InChI is InChI=1S/C48H81NO7/c1-6-8-10-12-14-16-18-20-21-22-23-24-25-27-28-30-32-34-36-38-46(50)55-43-44(42-54-41-40-45(48(52)53)49(3,4)5)56-47(51)39-37-35-33-31-29-26-19-17-15-13-11-9-7-2/h8,10,14,16,20-21,23-24,26,29,33,35,44-45H,6-7,9,11-13,15,17-19,22,25,27-28,30-32,34,36-43H2,1-5H3/b10-8+,16-14+,21-20+,24-23+,29-26+,35-33+. The highest BCUT2D eigenvalue weighted by Crippen LogP contribution is 2.12. The second-order valence-corrected chi connectivity index (χ2v) is 15.5. The highest BCUT2D eigenvalue weighted by Gasteiger charge is 2.25. The van der Waals surface area contributed by atoms with E-state index in [4.69, 9.17) is 14.2 Å². The summed E-state index contributed by atoms with van der Waals surface area (Å²) in [7, 11) is 5.37. The van der Waals surface area contributed by atoms with E-state index in [-0.39, 0.29) is 49.1 Å². The summed E-state index contributed by atoms with van der Waals surface area (Å²) >= 11 is 0. The molecular formula is C48H81NO7. The van der Waals surface area contributed by atoms with Gasteiger partial charge in [0, 0.05) is 19.3 Å². The van der Waals surface area contributed by atoms with Gasteiger partial charge in [0.05, 0.1) is 40.3 Å². The van der Waals surface area contributed by atoms with E-state index in [2.05, 4.69) is 80.7 Å². The summed E-state index contributed by atoms with van der Waals surface area (Å²) in [4.78, 5) is 36.8. The van der Waals surface area contributed by atoms with Crippen LogP contribution in [0.2, 0.25) is 0 Å². The molecule has 2 unspecified atom stereocenters. The number of carbonyl (C=O) groups excluding carboxylic acids is 3. The molecule has 8 nitrogen and oxygen atoms in total. The van der Waals surface area contributed by atoms with Crippen LogP contribution in [0.3, 0.4) is 0 Å². The molecular weight excluding hydrogens is 703 g/mol. The Morgan fingerprint density at radius 2 is 1.04 bits per heavy atom. The fourth-order valence-electron chi connectivity index (χ4n) is 5.94. The summed E-state index contributed by atoms with van der Waals surface area (Å²) in [5.74, 6) is -1.85. The molecule has 0 saturated carbocycles. The molecule has 56 heavy (non-hydrogen) atoms. The average Bonchev–Trinajstić information content (AvgIpc) is 3.15. The van der Waals surface area contributed by atoms with Crippen molar-refractivity contribution in [2.45, 2.75) is 174 Å². The topological polar surface area (TPSA) is 102 Å². The summed E-state index contributed by atoms with van der Waals surface area (Å²) in [6, 6.07) is -0.739. The van der Waals surface area contributed by atoms with Crippen LogP contribution in [-0.4, -0.2) is 75.5 Å². The number of likely N-dealkylation sites (N-methyl/N-ethyl adjacent to an activating group) is 1. The third-order valence-electron chi connectivity index (χ3n) is 9.34. The molecule has 0 radical (unpaired) electrons. The number of allylic oxidation sites excluding steroid dienone is 12. The molecule has 0 amide bonds. The highest BCUT2D eigenvalue weighted by molar-refractivity contribution is 5.70. The minimum absolute atomic E-state index is 0.0100. The molecule has 0 saturated heterocycles. The normalized spacial score (nSPS) is 13.7. The van der Waals surface area contributed by atoms with Crippen molar-refractivity contribution in [2.24, 2.45) is 0 Å². The lowest BCUT2D eigenvalue weighted by Gasteiger charge is -2.34. The van der Waals surface area contributed by atoms with Crippen molar-refractivity contribution in [1.82, 2.24) is 0 Å². The van der Waals surface area contributed by atoms with Gasteiger partial charge in [0.25, 0.3) is 0 Å². The Morgan fingerprint density at radius 1 is 0.554 bits per heavy atom. The van der Waals surface area contributed by atoms with Crippen molar-refractivity contribution in [3.63, 3.8) is 0 Å².